The second-order valence-corrected chi connectivity index (χ2v) is 4.77. The second-order valence-electron chi connectivity index (χ2n) is 3.25. The number of ether oxygens (including phenoxy) is 1. The van der Waals surface area contributed by atoms with Gasteiger partial charge in [-0.1, -0.05) is 11.6 Å². The molecule has 0 N–H and O–H groups in total. The Bertz CT molecular complexity index is 534. The van der Waals surface area contributed by atoms with Crippen LogP contribution in [0.2, 0.25) is 5.15 Å². The van der Waals surface area contributed by atoms with Gasteiger partial charge >= 0.3 is 6.36 Å². The molecule has 0 fully saturated rings. The zero-order valence-electron chi connectivity index (χ0n) is 8.58. The van der Waals surface area contributed by atoms with Gasteiger partial charge in [-0.2, -0.15) is 5.10 Å². The Morgan fingerprint density at radius 1 is 1.22 bits per heavy atom. The summed E-state index contributed by atoms with van der Waals surface area (Å²) < 4.78 is 41.9. The molecule has 3 nitrogen and oxygen atoms in total. The van der Waals surface area contributed by atoms with Crippen LogP contribution in [0.25, 0.3) is 5.69 Å². The van der Waals surface area contributed by atoms with Crippen molar-refractivity contribution >= 4 is 34.2 Å². The Morgan fingerprint density at radius 2 is 1.83 bits per heavy atom. The van der Waals surface area contributed by atoms with E-state index in [9.17, 15) is 13.2 Å². The number of nitrogens with zero attached hydrogens (tertiary/aromatic N) is 2. The maximum absolute atomic E-state index is 12.0. The van der Waals surface area contributed by atoms with Gasteiger partial charge in [-0.15, -0.1) is 13.2 Å². The molecule has 0 atom stereocenters. The molecule has 96 valence electrons. The van der Waals surface area contributed by atoms with Crippen LogP contribution in [-0.2, 0) is 0 Å². The predicted molar refractivity (Wildman–Crippen MR) is 68.0 cm³/mol. The van der Waals surface area contributed by atoms with Gasteiger partial charge in [0.1, 0.15) is 5.75 Å². The van der Waals surface area contributed by atoms with Gasteiger partial charge in [0, 0.05) is 6.20 Å². The summed E-state index contributed by atoms with van der Waals surface area (Å²) in [6.07, 6.45) is -3.02. The van der Waals surface area contributed by atoms with Gasteiger partial charge in [-0.25, -0.2) is 4.68 Å². The molecule has 0 aliphatic carbocycles. The summed E-state index contributed by atoms with van der Waals surface area (Å²) in [4.78, 5) is 0. The Kier molecular flexibility index (Phi) is 3.71. The molecule has 0 aliphatic heterocycles. The number of halogens is 5. The van der Waals surface area contributed by atoms with Crippen LogP contribution < -0.4 is 4.74 Å². The van der Waals surface area contributed by atoms with Gasteiger partial charge in [0.2, 0.25) is 0 Å². The van der Waals surface area contributed by atoms with E-state index >= 15 is 0 Å². The summed E-state index contributed by atoms with van der Waals surface area (Å²) in [5.74, 6) is -0.279. The third-order valence-corrected chi connectivity index (χ3v) is 3.35. The molecule has 0 saturated heterocycles. The van der Waals surface area contributed by atoms with Gasteiger partial charge in [-0.05, 0) is 46.9 Å². The van der Waals surface area contributed by atoms with Gasteiger partial charge in [0.05, 0.1) is 9.26 Å². The fourth-order valence-corrected chi connectivity index (χ4v) is 1.77. The summed E-state index contributed by atoms with van der Waals surface area (Å²) in [6.45, 7) is 0. The molecule has 18 heavy (non-hydrogen) atoms. The molecule has 2 aromatic rings. The molecule has 0 bridgehead atoms. The lowest BCUT2D eigenvalue weighted by Gasteiger charge is -2.09. The molecular weight excluding hydrogens is 383 g/mol. The van der Waals surface area contributed by atoms with E-state index in [1.165, 1.54) is 28.9 Å². The normalized spacial score (nSPS) is 11.6. The van der Waals surface area contributed by atoms with E-state index in [4.69, 9.17) is 11.6 Å². The van der Waals surface area contributed by atoms with Crippen LogP contribution in [0.5, 0.6) is 5.75 Å². The minimum absolute atomic E-state index is 0.279. The van der Waals surface area contributed by atoms with Gasteiger partial charge < -0.3 is 4.74 Å². The van der Waals surface area contributed by atoms with Crippen molar-refractivity contribution in [3.05, 3.63) is 39.2 Å². The maximum Gasteiger partial charge on any atom is 0.573 e. The van der Waals surface area contributed by atoms with E-state index in [-0.39, 0.29) is 5.75 Å². The standard InChI is InChI=1S/C10H5ClF3IN2O/c11-9-8(15)5-17(16-9)6-1-3-7(4-2-6)18-10(12,13)14/h1-5H. The van der Waals surface area contributed by atoms with Crippen LogP contribution in [0.15, 0.2) is 30.5 Å². The molecule has 0 unspecified atom stereocenters. The van der Waals surface area contributed by atoms with Crippen molar-refractivity contribution in [2.24, 2.45) is 0 Å². The summed E-state index contributed by atoms with van der Waals surface area (Å²) in [7, 11) is 0. The Hall–Kier alpha value is -0.960. The smallest absolute Gasteiger partial charge is 0.406 e. The first-order valence-electron chi connectivity index (χ1n) is 4.62. The number of benzene rings is 1. The average Bonchev–Trinajstić information content (AvgIpc) is 2.58. The van der Waals surface area contributed by atoms with E-state index < -0.39 is 6.36 Å². The quantitative estimate of drug-likeness (QED) is 0.727. The molecule has 1 heterocycles. The van der Waals surface area contributed by atoms with E-state index in [1.807, 2.05) is 22.6 Å². The van der Waals surface area contributed by atoms with Crippen LogP contribution in [0.3, 0.4) is 0 Å². The van der Waals surface area contributed by atoms with E-state index in [0.717, 1.165) is 3.57 Å². The number of aromatic nitrogens is 2. The van der Waals surface area contributed by atoms with Crippen molar-refractivity contribution in [1.82, 2.24) is 9.78 Å². The lowest BCUT2D eigenvalue weighted by molar-refractivity contribution is -0.274. The SMILES string of the molecule is FC(F)(F)Oc1ccc(-n2cc(I)c(Cl)n2)cc1. The second kappa shape index (κ2) is 4.96. The minimum Gasteiger partial charge on any atom is -0.406 e. The van der Waals surface area contributed by atoms with Crippen molar-refractivity contribution in [3.63, 3.8) is 0 Å². The van der Waals surface area contributed by atoms with Crippen molar-refractivity contribution in [3.8, 4) is 11.4 Å². The summed E-state index contributed by atoms with van der Waals surface area (Å²) >= 11 is 7.79. The highest BCUT2D eigenvalue weighted by molar-refractivity contribution is 14.1. The number of rotatable bonds is 2. The van der Waals surface area contributed by atoms with Crippen molar-refractivity contribution < 1.29 is 17.9 Å². The zero-order valence-corrected chi connectivity index (χ0v) is 11.5. The van der Waals surface area contributed by atoms with Crippen molar-refractivity contribution in [2.45, 2.75) is 6.36 Å². The molecule has 0 radical (unpaired) electrons. The number of hydrogen-bond acceptors (Lipinski definition) is 2. The Balaban J connectivity index is 2.22. The molecule has 0 aliphatic rings. The van der Waals surface area contributed by atoms with Gasteiger partial charge in [-0.3, -0.25) is 0 Å². The van der Waals surface area contributed by atoms with E-state index in [1.54, 1.807) is 6.20 Å². The van der Waals surface area contributed by atoms with E-state index in [2.05, 4.69) is 9.84 Å². The van der Waals surface area contributed by atoms with Crippen LogP contribution >= 0.6 is 34.2 Å². The first-order valence-corrected chi connectivity index (χ1v) is 6.08. The van der Waals surface area contributed by atoms with Gasteiger partial charge in [0.15, 0.2) is 5.15 Å². The number of alkyl halides is 3. The highest BCUT2D eigenvalue weighted by atomic mass is 127. The third-order valence-electron chi connectivity index (χ3n) is 1.96. The van der Waals surface area contributed by atoms with Crippen LogP contribution in [0.1, 0.15) is 0 Å². The molecule has 0 saturated carbocycles. The van der Waals surface area contributed by atoms with Crippen molar-refractivity contribution in [1.29, 1.82) is 0 Å². The van der Waals surface area contributed by atoms with Crippen LogP contribution in [0, 0.1) is 3.57 Å². The highest BCUT2D eigenvalue weighted by Gasteiger charge is 2.30. The third kappa shape index (κ3) is 3.29. The lowest BCUT2D eigenvalue weighted by Crippen LogP contribution is -2.17. The number of hydrogen-bond donors (Lipinski definition) is 0. The first kappa shape index (κ1) is 13.5. The fourth-order valence-electron chi connectivity index (χ4n) is 1.26. The molecule has 0 amide bonds. The van der Waals surface area contributed by atoms with Crippen molar-refractivity contribution in [2.75, 3.05) is 0 Å². The Labute approximate surface area is 119 Å². The van der Waals surface area contributed by atoms with Crippen LogP contribution in [0.4, 0.5) is 13.2 Å². The monoisotopic (exact) mass is 388 g/mol. The average molecular weight is 389 g/mol. The summed E-state index contributed by atoms with van der Waals surface area (Å²) in [6, 6.07) is 5.34. The first-order chi connectivity index (χ1) is 8.35. The lowest BCUT2D eigenvalue weighted by atomic mass is 10.3. The predicted octanol–water partition coefficient (Wildman–Crippen LogP) is 4.03. The minimum atomic E-state index is -4.69. The van der Waals surface area contributed by atoms with Crippen LogP contribution in [-0.4, -0.2) is 16.1 Å². The topological polar surface area (TPSA) is 27.1 Å². The molecular formula is C10H5ClF3IN2O. The Morgan fingerprint density at radius 3 is 2.28 bits per heavy atom. The largest absolute Gasteiger partial charge is 0.573 e. The van der Waals surface area contributed by atoms with E-state index in [0.29, 0.717) is 10.8 Å². The highest BCUT2D eigenvalue weighted by Crippen LogP contribution is 2.24. The fraction of sp³-hybridized carbons (Fsp3) is 0.100. The molecule has 2 rings (SSSR count). The zero-order chi connectivity index (χ0) is 13.3. The molecule has 8 heteroatoms. The maximum atomic E-state index is 12.0. The van der Waals surface area contributed by atoms with Gasteiger partial charge in [0.25, 0.3) is 0 Å². The molecule has 0 spiro atoms. The summed E-state index contributed by atoms with van der Waals surface area (Å²) in [5, 5.41) is 4.34. The summed E-state index contributed by atoms with van der Waals surface area (Å²) in [5.41, 5.74) is 0.592. The molecule has 1 aromatic carbocycles. The molecule has 1 aromatic heterocycles.